The highest BCUT2D eigenvalue weighted by molar-refractivity contribution is 7.16. The molecule has 0 amide bonds. The van der Waals surface area contributed by atoms with Crippen LogP contribution < -0.4 is 4.90 Å². The lowest BCUT2D eigenvalue weighted by atomic mass is 9.84. The third-order valence-corrected chi connectivity index (χ3v) is 5.55. The van der Waals surface area contributed by atoms with Gasteiger partial charge in [0.05, 0.1) is 10.5 Å². The van der Waals surface area contributed by atoms with E-state index >= 15 is 0 Å². The molecule has 2 atom stereocenters. The minimum atomic E-state index is -0.539. The van der Waals surface area contributed by atoms with Crippen molar-refractivity contribution in [3.05, 3.63) is 10.0 Å². The van der Waals surface area contributed by atoms with Gasteiger partial charge in [-0.05, 0) is 19.3 Å². The average molecular weight is 304 g/mol. The van der Waals surface area contributed by atoms with Crippen molar-refractivity contribution in [3.8, 4) is 0 Å². The molecule has 1 aromatic heterocycles. The topological polar surface area (TPSA) is 39.6 Å². The molecule has 19 heavy (non-hydrogen) atoms. The quantitative estimate of drug-likeness (QED) is 0.931. The third kappa shape index (κ3) is 3.40. The first-order chi connectivity index (χ1) is 8.79. The van der Waals surface area contributed by atoms with Gasteiger partial charge >= 0.3 is 0 Å². The summed E-state index contributed by atoms with van der Waals surface area (Å²) in [6.45, 7) is 6.66. The van der Waals surface area contributed by atoms with E-state index in [9.17, 15) is 5.11 Å². The summed E-state index contributed by atoms with van der Waals surface area (Å²) in [5.41, 5.74) is -0.539. The summed E-state index contributed by atoms with van der Waals surface area (Å²) < 4.78 is 0. The molecule has 0 spiro atoms. The largest absolute Gasteiger partial charge is 0.390 e. The van der Waals surface area contributed by atoms with Gasteiger partial charge in [0.25, 0.3) is 0 Å². The molecule has 0 saturated carbocycles. The van der Waals surface area contributed by atoms with Crippen LogP contribution in [0.15, 0.2) is 0 Å². The maximum Gasteiger partial charge on any atom is 0.186 e. The Hall–Kier alpha value is -0.360. The number of halogens is 1. The number of hydrogen-bond acceptors (Lipinski definition) is 5. The van der Waals surface area contributed by atoms with Crippen molar-refractivity contribution in [2.45, 2.75) is 32.4 Å². The number of rotatable bonds is 3. The highest BCUT2D eigenvalue weighted by Gasteiger charge is 2.34. The number of nitrogens with zero attached hydrogens (tertiary/aromatic N) is 3. The van der Waals surface area contributed by atoms with E-state index in [1.54, 1.807) is 11.3 Å². The molecule has 0 radical (unpaired) electrons. The second kappa shape index (κ2) is 5.56. The van der Waals surface area contributed by atoms with Crippen LogP contribution in [0.4, 0.5) is 5.13 Å². The molecule has 0 unspecified atom stereocenters. The van der Waals surface area contributed by atoms with E-state index in [2.05, 4.69) is 16.8 Å². The van der Waals surface area contributed by atoms with Crippen molar-refractivity contribution in [2.24, 2.45) is 5.92 Å². The summed E-state index contributed by atoms with van der Waals surface area (Å²) in [4.78, 5) is 9.79. The van der Waals surface area contributed by atoms with E-state index in [1.165, 1.54) is 0 Å². The number of thiazole rings is 1. The van der Waals surface area contributed by atoms with Crippen LogP contribution in [-0.4, -0.2) is 47.8 Å². The summed E-state index contributed by atoms with van der Waals surface area (Å²) >= 11 is 7.84. The molecule has 1 saturated heterocycles. The van der Waals surface area contributed by atoms with Crippen molar-refractivity contribution in [3.63, 3.8) is 0 Å². The van der Waals surface area contributed by atoms with Gasteiger partial charge < -0.3 is 10.0 Å². The number of aromatic nitrogens is 1. The molecule has 6 heteroatoms. The molecule has 0 bridgehead atoms. The number of hydrogen-bond donors (Lipinski definition) is 1. The van der Waals surface area contributed by atoms with Gasteiger partial charge in [0.1, 0.15) is 5.15 Å². The maximum absolute atomic E-state index is 10.2. The first-order valence-corrected chi connectivity index (χ1v) is 7.76. The van der Waals surface area contributed by atoms with Crippen LogP contribution in [0.5, 0.6) is 0 Å². The highest BCUT2D eigenvalue weighted by Crippen LogP contribution is 2.32. The smallest absolute Gasteiger partial charge is 0.186 e. The van der Waals surface area contributed by atoms with Gasteiger partial charge in [-0.15, -0.1) is 0 Å². The Kier molecular flexibility index (Phi) is 4.40. The predicted octanol–water partition coefficient (Wildman–Crippen LogP) is 2.46. The first-order valence-electron chi connectivity index (χ1n) is 6.57. The lowest BCUT2D eigenvalue weighted by Crippen LogP contribution is -2.48. The lowest BCUT2D eigenvalue weighted by Gasteiger charge is -2.40. The molecule has 0 aromatic carbocycles. The molecule has 1 fully saturated rings. The van der Waals surface area contributed by atoms with Crippen LogP contribution in [0, 0.1) is 5.92 Å². The maximum atomic E-state index is 10.2. The number of anilines is 1. The monoisotopic (exact) mass is 303 g/mol. The lowest BCUT2D eigenvalue weighted by molar-refractivity contribution is -0.0521. The SMILES string of the molecule is C[C@H]1CN(Cc2sc(N(C)C)nc2Cl)CC[C@@]1(C)O. The van der Waals surface area contributed by atoms with Crippen molar-refractivity contribution in [1.82, 2.24) is 9.88 Å². The summed E-state index contributed by atoms with van der Waals surface area (Å²) in [6.07, 6.45) is 0.811. The van der Waals surface area contributed by atoms with Crippen LogP contribution in [-0.2, 0) is 6.54 Å². The Morgan fingerprint density at radius 2 is 2.26 bits per heavy atom. The Morgan fingerprint density at radius 1 is 1.58 bits per heavy atom. The zero-order valence-electron chi connectivity index (χ0n) is 12.0. The molecule has 4 nitrogen and oxygen atoms in total. The Morgan fingerprint density at radius 3 is 2.79 bits per heavy atom. The third-order valence-electron chi connectivity index (χ3n) is 3.92. The van der Waals surface area contributed by atoms with E-state index in [1.807, 2.05) is 25.9 Å². The highest BCUT2D eigenvalue weighted by atomic mass is 35.5. The predicted molar refractivity (Wildman–Crippen MR) is 81.1 cm³/mol. The van der Waals surface area contributed by atoms with Gasteiger partial charge in [0.2, 0.25) is 0 Å². The standard InChI is InChI=1S/C13H22ClN3OS/c1-9-7-17(6-5-13(9,2)18)8-10-11(14)15-12(19-10)16(3)4/h9,18H,5-8H2,1-4H3/t9-,13+/m0/s1. The van der Waals surface area contributed by atoms with Crippen LogP contribution in [0.1, 0.15) is 25.1 Å². The van der Waals surface area contributed by atoms with E-state index in [0.717, 1.165) is 36.1 Å². The number of aliphatic hydroxyl groups is 1. The van der Waals surface area contributed by atoms with Crippen molar-refractivity contribution in [2.75, 3.05) is 32.1 Å². The van der Waals surface area contributed by atoms with E-state index < -0.39 is 5.60 Å². The fourth-order valence-corrected chi connectivity index (χ4v) is 3.49. The summed E-state index contributed by atoms with van der Waals surface area (Å²) in [6, 6.07) is 0. The fraction of sp³-hybridized carbons (Fsp3) is 0.769. The Labute approximate surface area is 124 Å². The molecule has 108 valence electrons. The second-order valence-electron chi connectivity index (χ2n) is 5.85. The molecule has 1 aliphatic rings. The van der Waals surface area contributed by atoms with E-state index in [4.69, 9.17) is 11.6 Å². The Balaban J connectivity index is 2.02. The van der Waals surface area contributed by atoms with Crippen molar-refractivity contribution < 1.29 is 5.11 Å². The normalized spacial score (nSPS) is 28.6. The van der Waals surface area contributed by atoms with Crippen LogP contribution in [0.25, 0.3) is 0 Å². The van der Waals surface area contributed by atoms with Gasteiger partial charge in [0, 0.05) is 33.7 Å². The van der Waals surface area contributed by atoms with Gasteiger partial charge in [-0.3, -0.25) is 4.90 Å². The van der Waals surface area contributed by atoms with Crippen molar-refractivity contribution in [1.29, 1.82) is 0 Å². The first kappa shape index (κ1) is 15.0. The van der Waals surface area contributed by atoms with E-state index in [-0.39, 0.29) is 5.92 Å². The van der Waals surface area contributed by atoms with Crippen LogP contribution in [0.3, 0.4) is 0 Å². The number of likely N-dealkylation sites (tertiary alicyclic amines) is 1. The molecule has 1 aromatic rings. The number of piperidine rings is 1. The minimum absolute atomic E-state index is 0.279. The molecule has 1 N–H and O–H groups in total. The van der Waals surface area contributed by atoms with E-state index in [0.29, 0.717) is 5.15 Å². The molecule has 2 rings (SSSR count). The minimum Gasteiger partial charge on any atom is -0.390 e. The molecular weight excluding hydrogens is 282 g/mol. The van der Waals surface area contributed by atoms with Crippen LogP contribution >= 0.6 is 22.9 Å². The summed E-state index contributed by atoms with van der Waals surface area (Å²) in [5.74, 6) is 0.279. The molecular formula is C13H22ClN3OS. The molecule has 1 aliphatic heterocycles. The second-order valence-corrected chi connectivity index (χ2v) is 7.27. The van der Waals surface area contributed by atoms with Gasteiger partial charge in [-0.2, -0.15) is 0 Å². The molecule has 2 heterocycles. The summed E-state index contributed by atoms with van der Waals surface area (Å²) in [5, 5.41) is 11.7. The zero-order valence-corrected chi connectivity index (χ0v) is 13.6. The van der Waals surface area contributed by atoms with Gasteiger partial charge in [-0.25, -0.2) is 4.98 Å². The summed E-state index contributed by atoms with van der Waals surface area (Å²) in [7, 11) is 3.94. The van der Waals surface area contributed by atoms with Gasteiger partial charge in [0.15, 0.2) is 5.13 Å². The Bertz CT molecular complexity index is 447. The fourth-order valence-electron chi connectivity index (χ4n) is 2.26. The average Bonchev–Trinajstić information content (AvgIpc) is 2.66. The van der Waals surface area contributed by atoms with Crippen molar-refractivity contribution >= 4 is 28.1 Å². The zero-order chi connectivity index (χ0) is 14.2. The van der Waals surface area contributed by atoms with Gasteiger partial charge in [-0.1, -0.05) is 29.9 Å². The molecule has 0 aliphatic carbocycles. The van der Waals surface area contributed by atoms with Crippen LogP contribution in [0.2, 0.25) is 5.15 Å².